The number of hydrogen-bond donors (Lipinski definition) is 1. The highest BCUT2D eigenvalue weighted by Gasteiger charge is 2.32. The Morgan fingerprint density at radius 1 is 1.62 bits per heavy atom. The zero-order valence-corrected chi connectivity index (χ0v) is 10.7. The van der Waals surface area contributed by atoms with Crippen LogP contribution in [-0.4, -0.2) is 75.2 Å². The minimum Gasteiger partial charge on any atom is -0.383 e. The van der Waals surface area contributed by atoms with Crippen LogP contribution in [0.5, 0.6) is 0 Å². The lowest BCUT2D eigenvalue weighted by atomic mass is 10.1. The van der Waals surface area contributed by atoms with Gasteiger partial charge in [-0.3, -0.25) is 9.69 Å². The molecule has 0 saturated carbocycles. The summed E-state index contributed by atoms with van der Waals surface area (Å²) in [5, 5.41) is 3.27. The first kappa shape index (κ1) is 13.4. The fraction of sp³-hybridized carbons (Fsp3) is 0.909. The molecule has 0 radical (unpaired) electrons. The second-order valence-electron chi connectivity index (χ2n) is 4.49. The van der Waals surface area contributed by atoms with Gasteiger partial charge in [0.25, 0.3) is 0 Å². The minimum atomic E-state index is -0.0612. The van der Waals surface area contributed by atoms with Gasteiger partial charge < -0.3 is 15.0 Å². The first-order valence-corrected chi connectivity index (χ1v) is 5.74. The molecule has 0 bridgehead atoms. The van der Waals surface area contributed by atoms with Gasteiger partial charge in [0.05, 0.1) is 6.61 Å². The summed E-state index contributed by atoms with van der Waals surface area (Å²) in [6.07, 6.45) is 0. The maximum Gasteiger partial charge on any atom is 0.240 e. The van der Waals surface area contributed by atoms with E-state index in [0.29, 0.717) is 6.61 Å². The second-order valence-corrected chi connectivity index (χ2v) is 4.49. The van der Waals surface area contributed by atoms with Gasteiger partial charge in [0.15, 0.2) is 0 Å². The van der Waals surface area contributed by atoms with Crippen LogP contribution in [-0.2, 0) is 9.53 Å². The zero-order valence-electron chi connectivity index (χ0n) is 10.7. The van der Waals surface area contributed by atoms with Gasteiger partial charge in [0.1, 0.15) is 6.04 Å². The smallest absolute Gasteiger partial charge is 0.240 e. The summed E-state index contributed by atoms with van der Waals surface area (Å²) in [5.41, 5.74) is 0. The molecule has 2 unspecified atom stereocenters. The van der Waals surface area contributed by atoms with Gasteiger partial charge in [-0.1, -0.05) is 0 Å². The Morgan fingerprint density at radius 2 is 2.31 bits per heavy atom. The molecular formula is C11H23N3O2. The third-order valence-corrected chi connectivity index (χ3v) is 2.98. The van der Waals surface area contributed by atoms with Crippen molar-refractivity contribution < 1.29 is 9.53 Å². The van der Waals surface area contributed by atoms with Crippen molar-refractivity contribution in [3.05, 3.63) is 0 Å². The maximum atomic E-state index is 12.0. The zero-order chi connectivity index (χ0) is 12.1. The van der Waals surface area contributed by atoms with Crippen molar-refractivity contribution in [2.24, 2.45) is 0 Å². The van der Waals surface area contributed by atoms with Crippen molar-refractivity contribution in [3.8, 4) is 0 Å². The van der Waals surface area contributed by atoms with Gasteiger partial charge in [-0.05, 0) is 6.92 Å². The van der Waals surface area contributed by atoms with Crippen molar-refractivity contribution in [3.63, 3.8) is 0 Å². The van der Waals surface area contributed by atoms with Crippen LogP contribution in [0.15, 0.2) is 0 Å². The molecule has 5 heteroatoms. The molecular weight excluding hydrogens is 206 g/mol. The van der Waals surface area contributed by atoms with E-state index >= 15 is 0 Å². The van der Waals surface area contributed by atoms with Crippen molar-refractivity contribution in [1.29, 1.82) is 0 Å². The van der Waals surface area contributed by atoms with Crippen LogP contribution < -0.4 is 5.32 Å². The first-order chi connectivity index (χ1) is 7.57. The number of piperazine rings is 1. The van der Waals surface area contributed by atoms with E-state index in [1.54, 1.807) is 26.1 Å². The standard InChI is InChI=1S/C11H23N3O2/c1-9(8-16-4)14-6-5-12-7-10(14)11(15)13(2)3/h9-10,12H,5-8H2,1-4H3. The largest absolute Gasteiger partial charge is 0.383 e. The molecule has 0 aromatic carbocycles. The number of methoxy groups -OCH3 is 1. The summed E-state index contributed by atoms with van der Waals surface area (Å²) in [7, 11) is 5.30. The fourth-order valence-corrected chi connectivity index (χ4v) is 2.11. The van der Waals surface area contributed by atoms with Crippen molar-refractivity contribution >= 4 is 5.91 Å². The highest BCUT2D eigenvalue weighted by Crippen LogP contribution is 2.10. The monoisotopic (exact) mass is 229 g/mol. The summed E-state index contributed by atoms with van der Waals surface area (Å²) in [4.78, 5) is 15.9. The Hall–Kier alpha value is -0.650. The molecule has 2 atom stereocenters. The number of amides is 1. The average molecular weight is 229 g/mol. The Balaban J connectivity index is 2.66. The van der Waals surface area contributed by atoms with E-state index in [2.05, 4.69) is 17.1 Å². The topological polar surface area (TPSA) is 44.8 Å². The predicted molar refractivity (Wildman–Crippen MR) is 63.4 cm³/mol. The van der Waals surface area contributed by atoms with Crippen molar-refractivity contribution in [1.82, 2.24) is 15.1 Å². The highest BCUT2D eigenvalue weighted by molar-refractivity contribution is 5.81. The second kappa shape index (κ2) is 6.18. The summed E-state index contributed by atoms with van der Waals surface area (Å²) in [6.45, 7) is 5.33. The average Bonchev–Trinajstić information content (AvgIpc) is 2.28. The van der Waals surface area contributed by atoms with E-state index in [1.165, 1.54) is 0 Å². The molecule has 94 valence electrons. The lowest BCUT2D eigenvalue weighted by Gasteiger charge is -2.39. The van der Waals surface area contributed by atoms with Gasteiger partial charge >= 0.3 is 0 Å². The summed E-state index contributed by atoms with van der Waals surface area (Å²) in [6, 6.07) is 0.217. The molecule has 0 spiro atoms. The molecule has 1 aliphatic heterocycles. The number of carbonyl (C=O) groups excluding carboxylic acids is 1. The van der Waals surface area contributed by atoms with Gasteiger partial charge in [-0.25, -0.2) is 0 Å². The molecule has 1 N–H and O–H groups in total. The van der Waals surface area contributed by atoms with Gasteiger partial charge in [0, 0.05) is 46.9 Å². The van der Waals surface area contributed by atoms with Gasteiger partial charge in [-0.15, -0.1) is 0 Å². The maximum absolute atomic E-state index is 12.0. The molecule has 0 aromatic heterocycles. The van der Waals surface area contributed by atoms with E-state index in [4.69, 9.17) is 4.74 Å². The summed E-state index contributed by atoms with van der Waals surface area (Å²) >= 11 is 0. The molecule has 16 heavy (non-hydrogen) atoms. The van der Waals surface area contributed by atoms with Gasteiger partial charge in [-0.2, -0.15) is 0 Å². The minimum absolute atomic E-state index is 0.0612. The van der Waals surface area contributed by atoms with Crippen molar-refractivity contribution in [2.75, 3.05) is 47.4 Å². The third-order valence-electron chi connectivity index (χ3n) is 2.98. The summed E-state index contributed by atoms with van der Waals surface area (Å²) < 4.78 is 5.16. The van der Waals surface area contributed by atoms with Gasteiger partial charge in [0.2, 0.25) is 5.91 Å². The number of likely N-dealkylation sites (N-methyl/N-ethyl adjacent to an activating group) is 1. The van der Waals surface area contributed by atoms with E-state index in [0.717, 1.165) is 19.6 Å². The van der Waals surface area contributed by atoms with Crippen LogP contribution in [0.4, 0.5) is 0 Å². The highest BCUT2D eigenvalue weighted by atomic mass is 16.5. The van der Waals surface area contributed by atoms with Crippen LogP contribution in [0.2, 0.25) is 0 Å². The third kappa shape index (κ3) is 3.17. The van der Waals surface area contributed by atoms with Crippen LogP contribution in [0.25, 0.3) is 0 Å². The Morgan fingerprint density at radius 3 is 2.88 bits per heavy atom. The van der Waals surface area contributed by atoms with E-state index in [1.807, 2.05) is 0 Å². The fourth-order valence-electron chi connectivity index (χ4n) is 2.11. The number of nitrogens with one attached hydrogen (secondary N) is 1. The Kier molecular flexibility index (Phi) is 5.18. The first-order valence-electron chi connectivity index (χ1n) is 5.74. The number of rotatable bonds is 4. The molecule has 1 rings (SSSR count). The molecule has 5 nitrogen and oxygen atoms in total. The Bertz CT molecular complexity index is 233. The molecule has 1 heterocycles. The number of ether oxygens (including phenoxy) is 1. The SMILES string of the molecule is COCC(C)N1CCNCC1C(=O)N(C)C. The molecule has 1 fully saturated rings. The number of carbonyl (C=O) groups is 1. The number of hydrogen-bond acceptors (Lipinski definition) is 4. The van der Waals surface area contributed by atoms with E-state index in [-0.39, 0.29) is 18.0 Å². The molecule has 1 amide bonds. The molecule has 1 aliphatic rings. The lowest BCUT2D eigenvalue weighted by molar-refractivity contribution is -0.136. The number of nitrogens with zero attached hydrogens (tertiary/aromatic N) is 2. The normalized spacial score (nSPS) is 24.1. The van der Waals surface area contributed by atoms with Crippen molar-refractivity contribution in [2.45, 2.75) is 19.0 Å². The predicted octanol–water partition coefficient (Wildman–Crippen LogP) is -0.617. The quantitative estimate of drug-likeness (QED) is 0.698. The molecule has 0 aromatic rings. The molecule has 1 saturated heterocycles. The molecule has 0 aliphatic carbocycles. The van der Waals surface area contributed by atoms with Crippen LogP contribution in [0, 0.1) is 0 Å². The van der Waals surface area contributed by atoms with E-state index in [9.17, 15) is 4.79 Å². The lowest BCUT2D eigenvalue weighted by Crippen LogP contribution is -2.60. The van der Waals surface area contributed by atoms with E-state index < -0.39 is 0 Å². The van der Waals surface area contributed by atoms with Crippen LogP contribution >= 0.6 is 0 Å². The van der Waals surface area contributed by atoms with Crippen LogP contribution in [0.3, 0.4) is 0 Å². The van der Waals surface area contributed by atoms with Crippen LogP contribution in [0.1, 0.15) is 6.92 Å². The summed E-state index contributed by atoms with van der Waals surface area (Å²) in [5.74, 6) is 0.162. The Labute approximate surface area is 97.7 Å².